The van der Waals surface area contributed by atoms with E-state index in [1.54, 1.807) is 50.2 Å². The molecule has 1 N–H and O–H groups in total. The molecule has 7 heteroatoms. The number of nitrogens with zero attached hydrogens (tertiary/aromatic N) is 2. The fraction of sp³-hybridized carbons (Fsp3) is 0.200. The number of rotatable bonds is 6. The number of aromatic nitrogens is 1. The largest absolute Gasteiger partial charge is 0.497 e. The molecule has 2 aromatic heterocycles. The number of hydrogen-bond acceptors (Lipinski definition) is 5. The lowest BCUT2D eigenvalue weighted by atomic mass is 10.1. The number of benzene rings is 1. The van der Waals surface area contributed by atoms with Crippen molar-refractivity contribution in [2.75, 3.05) is 14.2 Å². The van der Waals surface area contributed by atoms with Gasteiger partial charge in [0.2, 0.25) is 5.88 Å². The average molecular weight is 365 g/mol. The van der Waals surface area contributed by atoms with Gasteiger partial charge in [-0.15, -0.1) is 0 Å². The van der Waals surface area contributed by atoms with Crippen LogP contribution in [0.15, 0.2) is 47.1 Å². The highest BCUT2D eigenvalue weighted by Crippen LogP contribution is 2.27. The first-order valence-electron chi connectivity index (χ1n) is 8.25. The average Bonchev–Trinajstić information content (AvgIpc) is 3.33. The summed E-state index contributed by atoms with van der Waals surface area (Å²) in [4.78, 5) is 12.7. The van der Waals surface area contributed by atoms with Gasteiger partial charge >= 0.3 is 0 Å². The van der Waals surface area contributed by atoms with Crippen molar-refractivity contribution in [1.29, 1.82) is 5.26 Å². The van der Waals surface area contributed by atoms with Crippen LogP contribution in [0.2, 0.25) is 0 Å². The lowest BCUT2D eigenvalue weighted by Crippen LogP contribution is -2.24. The Labute approximate surface area is 156 Å². The van der Waals surface area contributed by atoms with Crippen LogP contribution in [0.3, 0.4) is 0 Å². The fourth-order valence-electron chi connectivity index (χ4n) is 2.82. The molecule has 0 aliphatic rings. The van der Waals surface area contributed by atoms with E-state index >= 15 is 0 Å². The zero-order chi connectivity index (χ0) is 19.4. The van der Waals surface area contributed by atoms with E-state index in [0.29, 0.717) is 23.1 Å². The molecule has 1 aromatic carbocycles. The van der Waals surface area contributed by atoms with E-state index in [2.05, 4.69) is 11.4 Å². The van der Waals surface area contributed by atoms with Crippen LogP contribution in [0.5, 0.6) is 11.5 Å². The molecule has 0 unspecified atom stereocenters. The summed E-state index contributed by atoms with van der Waals surface area (Å²) in [6.45, 7) is 1.90. The topological polar surface area (TPSA) is 89.4 Å². The van der Waals surface area contributed by atoms with Crippen LogP contribution >= 0.6 is 0 Å². The molecule has 1 amide bonds. The number of methoxy groups -OCH3 is 2. The third-order valence-electron chi connectivity index (χ3n) is 4.18. The summed E-state index contributed by atoms with van der Waals surface area (Å²) in [5, 5.41) is 12.4. The predicted octanol–water partition coefficient (Wildman–Crippen LogP) is 3.20. The van der Waals surface area contributed by atoms with Crippen molar-refractivity contribution in [1.82, 2.24) is 9.88 Å². The number of ether oxygens (including phenoxy) is 2. The van der Waals surface area contributed by atoms with Crippen molar-refractivity contribution < 1.29 is 18.7 Å². The van der Waals surface area contributed by atoms with Crippen LogP contribution in [0, 0.1) is 18.3 Å². The van der Waals surface area contributed by atoms with Gasteiger partial charge in [-0.25, -0.2) is 0 Å². The Balaban J connectivity index is 1.85. The molecule has 3 rings (SSSR count). The third-order valence-corrected chi connectivity index (χ3v) is 4.18. The highest BCUT2D eigenvalue weighted by atomic mass is 16.5. The zero-order valence-electron chi connectivity index (χ0n) is 15.3. The standard InChI is InChI=1S/C20H19N3O4/c1-13-18(16(11-21)20(27-13)23-8-4-5-9-23)19(24)22-12-14-6-7-15(25-2)10-17(14)26-3/h4-10H,12H2,1-3H3,(H,22,24). The van der Waals surface area contributed by atoms with Gasteiger partial charge in [0.15, 0.2) is 0 Å². The molecule has 27 heavy (non-hydrogen) atoms. The predicted molar refractivity (Wildman–Crippen MR) is 98.2 cm³/mol. The summed E-state index contributed by atoms with van der Waals surface area (Å²) >= 11 is 0. The molecule has 138 valence electrons. The van der Waals surface area contributed by atoms with Crippen molar-refractivity contribution >= 4 is 5.91 Å². The molecule has 0 radical (unpaired) electrons. The molecule has 7 nitrogen and oxygen atoms in total. The Kier molecular flexibility index (Phi) is 5.18. The number of nitrogens with one attached hydrogen (secondary N) is 1. The maximum atomic E-state index is 12.7. The van der Waals surface area contributed by atoms with Gasteiger partial charge in [0.25, 0.3) is 5.91 Å². The number of nitriles is 1. The van der Waals surface area contributed by atoms with Gasteiger partial charge in [-0.3, -0.25) is 9.36 Å². The zero-order valence-corrected chi connectivity index (χ0v) is 15.3. The van der Waals surface area contributed by atoms with Gasteiger partial charge in [-0.2, -0.15) is 5.26 Å². The lowest BCUT2D eigenvalue weighted by Gasteiger charge is -2.11. The van der Waals surface area contributed by atoms with E-state index in [-0.39, 0.29) is 23.6 Å². The maximum Gasteiger partial charge on any atom is 0.256 e. The minimum atomic E-state index is -0.385. The van der Waals surface area contributed by atoms with E-state index in [9.17, 15) is 10.1 Å². The second-order valence-corrected chi connectivity index (χ2v) is 5.78. The normalized spacial score (nSPS) is 10.3. The number of carbonyl (C=O) groups excluding carboxylic acids is 1. The Morgan fingerprint density at radius 1 is 1.26 bits per heavy atom. The number of hydrogen-bond donors (Lipinski definition) is 1. The van der Waals surface area contributed by atoms with Gasteiger partial charge in [-0.1, -0.05) is 0 Å². The lowest BCUT2D eigenvalue weighted by molar-refractivity contribution is 0.0949. The minimum absolute atomic E-state index is 0.197. The quantitative estimate of drug-likeness (QED) is 0.724. The van der Waals surface area contributed by atoms with E-state index in [1.807, 2.05) is 18.2 Å². The van der Waals surface area contributed by atoms with Crippen LogP contribution in [0.25, 0.3) is 5.88 Å². The molecule has 0 saturated heterocycles. The maximum absolute atomic E-state index is 12.7. The summed E-state index contributed by atoms with van der Waals surface area (Å²) in [6, 6.07) is 11.1. The second-order valence-electron chi connectivity index (χ2n) is 5.78. The molecule has 3 aromatic rings. The number of carbonyl (C=O) groups is 1. The molecule has 0 aliphatic carbocycles. The van der Waals surface area contributed by atoms with Crippen molar-refractivity contribution in [3.63, 3.8) is 0 Å². The van der Waals surface area contributed by atoms with Crippen molar-refractivity contribution in [3.05, 3.63) is 65.2 Å². The smallest absolute Gasteiger partial charge is 0.256 e. The number of amides is 1. The summed E-state index contributed by atoms with van der Waals surface area (Å²) < 4.78 is 17.8. The van der Waals surface area contributed by atoms with Gasteiger partial charge in [0.1, 0.15) is 34.5 Å². The molecular weight excluding hydrogens is 346 g/mol. The van der Waals surface area contributed by atoms with Gasteiger partial charge in [0, 0.05) is 30.6 Å². The first kappa shape index (κ1) is 18.1. The molecule has 0 saturated carbocycles. The fourth-order valence-corrected chi connectivity index (χ4v) is 2.82. The molecule has 2 heterocycles. The summed E-state index contributed by atoms with van der Waals surface area (Å²) in [6.07, 6.45) is 3.51. The third kappa shape index (κ3) is 3.51. The molecule has 0 aliphatic heterocycles. The van der Waals surface area contributed by atoms with Crippen molar-refractivity contribution in [3.8, 4) is 23.5 Å². The Morgan fingerprint density at radius 2 is 2.00 bits per heavy atom. The molecule has 0 bridgehead atoms. The van der Waals surface area contributed by atoms with E-state index in [0.717, 1.165) is 5.56 Å². The Bertz CT molecular complexity index is 997. The highest BCUT2D eigenvalue weighted by molar-refractivity contribution is 5.98. The number of aryl methyl sites for hydroxylation is 1. The van der Waals surface area contributed by atoms with Crippen LogP contribution in [-0.4, -0.2) is 24.7 Å². The SMILES string of the molecule is COc1ccc(CNC(=O)c2c(C)oc(-n3cccc3)c2C#N)c(OC)c1. The van der Waals surface area contributed by atoms with Gasteiger partial charge < -0.3 is 19.2 Å². The monoisotopic (exact) mass is 365 g/mol. The first-order chi connectivity index (χ1) is 13.1. The Morgan fingerprint density at radius 3 is 2.63 bits per heavy atom. The first-order valence-corrected chi connectivity index (χ1v) is 8.25. The summed E-state index contributed by atoms with van der Waals surface area (Å²) in [5.74, 6) is 1.59. The van der Waals surface area contributed by atoms with Crippen LogP contribution < -0.4 is 14.8 Å². The van der Waals surface area contributed by atoms with Gasteiger partial charge in [0.05, 0.1) is 14.2 Å². The second kappa shape index (κ2) is 7.70. The van der Waals surface area contributed by atoms with E-state index < -0.39 is 0 Å². The van der Waals surface area contributed by atoms with Crippen LogP contribution in [0.4, 0.5) is 0 Å². The molecule has 0 fully saturated rings. The molecule has 0 spiro atoms. The van der Waals surface area contributed by atoms with Gasteiger partial charge in [-0.05, 0) is 31.2 Å². The van der Waals surface area contributed by atoms with Crippen LogP contribution in [0.1, 0.15) is 27.2 Å². The molecule has 0 atom stereocenters. The van der Waals surface area contributed by atoms with Crippen molar-refractivity contribution in [2.24, 2.45) is 0 Å². The summed E-state index contributed by atoms with van der Waals surface area (Å²) in [7, 11) is 3.13. The number of furan rings is 1. The van der Waals surface area contributed by atoms with Crippen LogP contribution in [-0.2, 0) is 6.54 Å². The Hall–Kier alpha value is -3.66. The highest BCUT2D eigenvalue weighted by Gasteiger charge is 2.24. The minimum Gasteiger partial charge on any atom is -0.497 e. The summed E-state index contributed by atoms with van der Waals surface area (Å²) in [5.41, 5.74) is 1.22. The van der Waals surface area contributed by atoms with E-state index in [4.69, 9.17) is 13.9 Å². The molecular formula is C20H19N3O4. The van der Waals surface area contributed by atoms with Crippen molar-refractivity contribution in [2.45, 2.75) is 13.5 Å². The van der Waals surface area contributed by atoms with E-state index in [1.165, 1.54) is 0 Å².